The van der Waals surface area contributed by atoms with E-state index in [0.717, 1.165) is 77.0 Å². The molecule has 0 bridgehead atoms. The lowest BCUT2D eigenvalue weighted by molar-refractivity contribution is 0.666. The molecule has 0 N–H and O–H groups in total. The average molecular weight is 733 g/mol. The second kappa shape index (κ2) is 12.3. The molecule has 5 heterocycles. The van der Waals surface area contributed by atoms with Gasteiger partial charge in [0.2, 0.25) is 5.95 Å². The minimum Gasteiger partial charge on any atom is -0.455 e. The lowest BCUT2D eigenvalue weighted by atomic mass is 10.0. The van der Waals surface area contributed by atoms with E-state index in [1.165, 1.54) is 0 Å². The van der Waals surface area contributed by atoms with Crippen LogP contribution in [0.25, 0.3) is 117 Å². The van der Waals surface area contributed by atoms with Gasteiger partial charge in [-0.25, -0.2) is 15.0 Å². The van der Waals surface area contributed by atoms with Gasteiger partial charge < -0.3 is 8.83 Å². The average Bonchev–Trinajstić information content (AvgIpc) is 3.96. The van der Waals surface area contributed by atoms with Crippen molar-refractivity contribution in [1.29, 1.82) is 0 Å². The molecule has 0 amide bonds. The minimum atomic E-state index is 0.532. The summed E-state index contributed by atoms with van der Waals surface area (Å²) >= 11 is 0. The summed E-state index contributed by atoms with van der Waals surface area (Å²) in [5, 5.41) is 4.98. The monoisotopic (exact) mass is 732 g/mol. The van der Waals surface area contributed by atoms with Crippen LogP contribution >= 0.6 is 0 Å². The molecule has 8 heteroatoms. The van der Waals surface area contributed by atoms with Gasteiger partial charge in [0.25, 0.3) is 0 Å². The summed E-state index contributed by atoms with van der Waals surface area (Å²) in [6.45, 7) is 0. The standard InChI is InChI=1S/C49H28N6O2/c1-3-15-29(16-4-1)42-45-43(33-21-9-12-27-39(33)56-45)51-48(50-42)36-24-13-22-34-41-35(23-14-28-40(41)57-44(34)36)47-52-46(30-17-5-2-6-18-30)53-49(54-47)55-37-25-10-7-19-31(37)32-20-8-11-26-38(32)55/h1-28H. The predicted molar refractivity (Wildman–Crippen MR) is 226 cm³/mol. The molecule has 12 aromatic rings. The number of hydrogen-bond acceptors (Lipinski definition) is 7. The van der Waals surface area contributed by atoms with Gasteiger partial charge >= 0.3 is 0 Å². The topological polar surface area (TPSA) is 95.7 Å². The molecule has 0 saturated heterocycles. The molecule has 0 aliphatic carbocycles. The van der Waals surface area contributed by atoms with Gasteiger partial charge in [0.1, 0.15) is 28.0 Å². The lowest BCUT2D eigenvalue weighted by Crippen LogP contribution is -2.06. The summed E-state index contributed by atoms with van der Waals surface area (Å²) in [5.41, 5.74) is 9.71. The first kappa shape index (κ1) is 31.4. The Labute approximate surface area is 324 Å². The fraction of sp³-hybridized carbons (Fsp3) is 0. The number of benzene rings is 7. The molecule has 0 aliphatic rings. The molecule has 12 rings (SSSR count). The minimum absolute atomic E-state index is 0.532. The Hall–Kier alpha value is -7.97. The smallest absolute Gasteiger partial charge is 0.238 e. The van der Waals surface area contributed by atoms with E-state index in [1.54, 1.807) is 0 Å². The number of para-hydroxylation sites is 4. The Morgan fingerprint density at radius 3 is 1.70 bits per heavy atom. The van der Waals surface area contributed by atoms with E-state index in [1.807, 2.05) is 121 Å². The number of aromatic nitrogens is 6. The highest BCUT2D eigenvalue weighted by molar-refractivity contribution is 6.15. The molecule has 0 fully saturated rings. The van der Waals surface area contributed by atoms with Crippen LogP contribution in [0.15, 0.2) is 179 Å². The second-order valence-corrected chi connectivity index (χ2v) is 14.0. The summed E-state index contributed by atoms with van der Waals surface area (Å²) in [6.07, 6.45) is 0. The van der Waals surface area contributed by atoms with E-state index < -0.39 is 0 Å². The van der Waals surface area contributed by atoms with Crippen LogP contribution in [0, 0.1) is 0 Å². The van der Waals surface area contributed by atoms with Gasteiger partial charge in [0, 0.05) is 43.6 Å². The quantitative estimate of drug-likeness (QED) is 0.174. The molecule has 0 atom stereocenters. The van der Waals surface area contributed by atoms with Gasteiger partial charge in [0.05, 0.1) is 16.6 Å². The van der Waals surface area contributed by atoms with E-state index in [0.29, 0.717) is 40.2 Å². The highest BCUT2D eigenvalue weighted by atomic mass is 16.3. The van der Waals surface area contributed by atoms with E-state index in [2.05, 4.69) is 53.1 Å². The Morgan fingerprint density at radius 2 is 0.930 bits per heavy atom. The summed E-state index contributed by atoms with van der Waals surface area (Å²) in [6, 6.07) is 57.0. The third-order valence-electron chi connectivity index (χ3n) is 10.7. The fourth-order valence-electron chi connectivity index (χ4n) is 8.15. The van der Waals surface area contributed by atoms with Crippen LogP contribution in [0.5, 0.6) is 0 Å². The van der Waals surface area contributed by atoms with Gasteiger partial charge in [0.15, 0.2) is 23.1 Å². The summed E-state index contributed by atoms with van der Waals surface area (Å²) in [7, 11) is 0. The highest BCUT2D eigenvalue weighted by Crippen LogP contribution is 2.42. The van der Waals surface area contributed by atoms with Gasteiger partial charge in [-0.3, -0.25) is 4.57 Å². The molecule has 7 aromatic carbocycles. The molecule has 0 saturated carbocycles. The summed E-state index contributed by atoms with van der Waals surface area (Å²) in [5.74, 6) is 2.18. The first-order chi connectivity index (χ1) is 28.3. The molecule has 0 unspecified atom stereocenters. The van der Waals surface area contributed by atoms with Crippen molar-refractivity contribution in [2.24, 2.45) is 0 Å². The van der Waals surface area contributed by atoms with Crippen molar-refractivity contribution in [2.75, 3.05) is 0 Å². The SMILES string of the molecule is c1ccc(-c2nc(-c3cccc4oc5c(-c6nc(-c7ccccc7)c7oc8ccccc8c7n6)cccc5c34)nc(-n3c4ccccc4c4ccccc43)n2)cc1. The molecule has 5 aromatic heterocycles. The number of nitrogens with zero attached hydrogens (tertiary/aromatic N) is 6. The summed E-state index contributed by atoms with van der Waals surface area (Å²) < 4.78 is 15.3. The van der Waals surface area contributed by atoms with E-state index in [4.69, 9.17) is 33.8 Å². The predicted octanol–water partition coefficient (Wildman–Crippen LogP) is 12.2. The third-order valence-corrected chi connectivity index (χ3v) is 10.7. The zero-order valence-electron chi connectivity index (χ0n) is 30.2. The maximum absolute atomic E-state index is 6.78. The normalized spacial score (nSPS) is 11.9. The number of rotatable bonds is 5. The van der Waals surface area contributed by atoms with Crippen molar-refractivity contribution in [3.63, 3.8) is 0 Å². The number of fused-ring (bicyclic) bond motifs is 9. The highest BCUT2D eigenvalue weighted by Gasteiger charge is 2.24. The van der Waals surface area contributed by atoms with Crippen molar-refractivity contribution in [1.82, 2.24) is 29.5 Å². The summed E-state index contributed by atoms with van der Waals surface area (Å²) in [4.78, 5) is 25.9. The zero-order chi connectivity index (χ0) is 37.5. The molecule has 0 aliphatic heterocycles. The number of hydrogen-bond donors (Lipinski definition) is 0. The van der Waals surface area contributed by atoms with Crippen molar-refractivity contribution in [2.45, 2.75) is 0 Å². The van der Waals surface area contributed by atoms with Gasteiger partial charge in [-0.05, 0) is 36.4 Å². The Bertz CT molecular complexity index is 3480. The van der Waals surface area contributed by atoms with Crippen LogP contribution < -0.4 is 0 Å². The van der Waals surface area contributed by atoms with Crippen molar-refractivity contribution >= 4 is 65.8 Å². The molecular weight excluding hydrogens is 705 g/mol. The molecule has 0 spiro atoms. The Balaban J connectivity index is 1.11. The Morgan fingerprint density at radius 1 is 0.368 bits per heavy atom. The van der Waals surface area contributed by atoms with Crippen molar-refractivity contribution in [3.8, 4) is 51.4 Å². The van der Waals surface area contributed by atoms with Crippen molar-refractivity contribution in [3.05, 3.63) is 170 Å². The number of furan rings is 2. The van der Waals surface area contributed by atoms with E-state index >= 15 is 0 Å². The molecule has 0 radical (unpaired) electrons. The van der Waals surface area contributed by atoms with Crippen LogP contribution in [0.4, 0.5) is 0 Å². The maximum Gasteiger partial charge on any atom is 0.238 e. The largest absolute Gasteiger partial charge is 0.455 e. The first-order valence-electron chi connectivity index (χ1n) is 18.8. The van der Waals surface area contributed by atoms with Crippen LogP contribution in [-0.4, -0.2) is 29.5 Å². The first-order valence-corrected chi connectivity index (χ1v) is 18.8. The molecular formula is C49H28N6O2. The second-order valence-electron chi connectivity index (χ2n) is 14.0. The lowest BCUT2D eigenvalue weighted by Gasteiger charge is -2.11. The van der Waals surface area contributed by atoms with Gasteiger partial charge in [-0.1, -0.05) is 133 Å². The van der Waals surface area contributed by atoms with E-state index in [9.17, 15) is 0 Å². The van der Waals surface area contributed by atoms with Gasteiger partial charge in [-0.2, -0.15) is 9.97 Å². The van der Waals surface area contributed by atoms with E-state index in [-0.39, 0.29) is 0 Å². The zero-order valence-corrected chi connectivity index (χ0v) is 30.2. The van der Waals surface area contributed by atoms with Crippen LogP contribution in [0.2, 0.25) is 0 Å². The maximum atomic E-state index is 6.78. The molecule has 57 heavy (non-hydrogen) atoms. The van der Waals surface area contributed by atoms with Crippen LogP contribution in [-0.2, 0) is 0 Å². The third kappa shape index (κ3) is 4.84. The Kier molecular flexibility index (Phi) is 6.76. The van der Waals surface area contributed by atoms with Crippen LogP contribution in [0.1, 0.15) is 0 Å². The molecule has 8 nitrogen and oxygen atoms in total. The van der Waals surface area contributed by atoms with Crippen LogP contribution in [0.3, 0.4) is 0 Å². The van der Waals surface area contributed by atoms with Gasteiger partial charge in [-0.15, -0.1) is 0 Å². The fourth-order valence-corrected chi connectivity index (χ4v) is 8.15. The van der Waals surface area contributed by atoms with Crippen molar-refractivity contribution < 1.29 is 8.83 Å². The molecule has 266 valence electrons.